The van der Waals surface area contributed by atoms with Gasteiger partial charge in [-0.1, -0.05) is 12.1 Å². The average Bonchev–Trinajstić information content (AvgIpc) is 2.66. The summed E-state index contributed by atoms with van der Waals surface area (Å²) in [5.74, 6) is 2.88. The Kier molecular flexibility index (Phi) is 3.65. The third-order valence-electron chi connectivity index (χ3n) is 4.16. The minimum Gasteiger partial charge on any atom is -0.497 e. The van der Waals surface area contributed by atoms with E-state index < -0.39 is 0 Å². The lowest BCUT2D eigenvalue weighted by atomic mass is 10.0. The predicted molar refractivity (Wildman–Crippen MR) is 92.7 cm³/mol. The number of nitrogens with zero attached hydrogens (tertiary/aromatic N) is 1. The summed E-state index contributed by atoms with van der Waals surface area (Å²) in [6.45, 7) is 0. The molecule has 6 heteroatoms. The summed E-state index contributed by atoms with van der Waals surface area (Å²) < 4.78 is 16.3. The van der Waals surface area contributed by atoms with Gasteiger partial charge >= 0.3 is 0 Å². The van der Waals surface area contributed by atoms with Crippen molar-refractivity contribution in [3.8, 4) is 34.5 Å². The fraction of sp³-hybridized carbons (Fsp3) is 0.158. The Labute approximate surface area is 144 Å². The van der Waals surface area contributed by atoms with Crippen LogP contribution in [0.15, 0.2) is 47.3 Å². The molecule has 0 aliphatic carbocycles. The van der Waals surface area contributed by atoms with Crippen LogP contribution < -0.4 is 19.8 Å². The Balaban J connectivity index is 1.77. The van der Waals surface area contributed by atoms with E-state index in [-0.39, 0.29) is 5.56 Å². The Hall–Kier alpha value is -3.28. The van der Waals surface area contributed by atoms with Crippen LogP contribution in [0.5, 0.6) is 23.1 Å². The molecule has 0 saturated carbocycles. The number of aromatic nitrogens is 2. The number of nitrogens with one attached hydrogen (secondary N) is 1. The van der Waals surface area contributed by atoms with Crippen molar-refractivity contribution in [2.24, 2.45) is 0 Å². The highest BCUT2D eigenvalue weighted by Gasteiger charge is 2.23. The Morgan fingerprint density at radius 1 is 1.08 bits per heavy atom. The lowest BCUT2D eigenvalue weighted by molar-refractivity contribution is 0.407. The standard InChI is InChI=1S/C19H16N2O4/c1-23-13-5-3-4-11(8-13)17-20-18(22)15-10-12-9-14(24-2)6-7-16(12)25-19(15)21-17/h3-9H,10H2,1-2H3,(H,20,21,22). The number of hydrogen-bond donors (Lipinski definition) is 1. The van der Waals surface area contributed by atoms with Gasteiger partial charge in [-0.2, -0.15) is 4.98 Å². The highest BCUT2D eigenvalue weighted by molar-refractivity contribution is 5.59. The van der Waals surface area contributed by atoms with Gasteiger partial charge in [0.2, 0.25) is 5.88 Å². The Morgan fingerprint density at radius 3 is 2.68 bits per heavy atom. The zero-order valence-electron chi connectivity index (χ0n) is 13.8. The summed E-state index contributed by atoms with van der Waals surface area (Å²) in [6.07, 6.45) is 0.447. The fourth-order valence-corrected chi connectivity index (χ4v) is 2.84. The van der Waals surface area contributed by atoms with Gasteiger partial charge in [-0.25, -0.2) is 0 Å². The second-order valence-electron chi connectivity index (χ2n) is 5.68. The molecule has 0 radical (unpaired) electrons. The number of aromatic amines is 1. The lowest BCUT2D eigenvalue weighted by Gasteiger charge is -2.19. The molecule has 1 N–H and O–H groups in total. The van der Waals surface area contributed by atoms with Crippen LogP contribution in [0.2, 0.25) is 0 Å². The van der Waals surface area contributed by atoms with Crippen LogP contribution in [0.25, 0.3) is 11.4 Å². The Bertz CT molecular complexity index is 1010. The second-order valence-corrected chi connectivity index (χ2v) is 5.68. The third kappa shape index (κ3) is 2.71. The molecule has 6 nitrogen and oxygen atoms in total. The van der Waals surface area contributed by atoms with Crippen LogP contribution >= 0.6 is 0 Å². The first kappa shape index (κ1) is 15.3. The highest BCUT2D eigenvalue weighted by atomic mass is 16.5. The molecule has 25 heavy (non-hydrogen) atoms. The Morgan fingerprint density at radius 2 is 1.88 bits per heavy atom. The van der Waals surface area contributed by atoms with Crippen molar-refractivity contribution in [3.63, 3.8) is 0 Å². The lowest BCUT2D eigenvalue weighted by Crippen LogP contribution is -2.20. The molecule has 4 rings (SSSR count). The van der Waals surface area contributed by atoms with Crippen LogP contribution in [0, 0.1) is 0 Å². The summed E-state index contributed by atoms with van der Waals surface area (Å²) in [6, 6.07) is 12.9. The molecule has 2 heterocycles. The fourth-order valence-electron chi connectivity index (χ4n) is 2.84. The minimum atomic E-state index is -0.212. The van der Waals surface area contributed by atoms with Gasteiger partial charge < -0.3 is 19.2 Å². The molecule has 2 aromatic carbocycles. The van der Waals surface area contributed by atoms with E-state index in [1.807, 2.05) is 42.5 Å². The van der Waals surface area contributed by atoms with E-state index in [0.29, 0.717) is 35.2 Å². The molecular formula is C19H16N2O4. The molecule has 0 unspecified atom stereocenters. The number of benzene rings is 2. The summed E-state index contributed by atoms with van der Waals surface area (Å²) in [7, 11) is 3.20. The minimum absolute atomic E-state index is 0.212. The van der Waals surface area contributed by atoms with Crippen LogP contribution in [0.3, 0.4) is 0 Å². The van der Waals surface area contributed by atoms with Gasteiger partial charge in [0, 0.05) is 17.5 Å². The molecule has 0 spiro atoms. The highest BCUT2D eigenvalue weighted by Crippen LogP contribution is 2.36. The molecule has 3 aromatic rings. The summed E-state index contributed by atoms with van der Waals surface area (Å²) >= 11 is 0. The average molecular weight is 336 g/mol. The maximum Gasteiger partial charge on any atom is 0.258 e. The second kappa shape index (κ2) is 5.98. The van der Waals surface area contributed by atoms with E-state index in [1.165, 1.54) is 0 Å². The van der Waals surface area contributed by atoms with Crippen LogP contribution in [0.1, 0.15) is 11.1 Å². The van der Waals surface area contributed by atoms with E-state index >= 15 is 0 Å². The molecule has 1 aliphatic rings. The van der Waals surface area contributed by atoms with E-state index in [2.05, 4.69) is 9.97 Å². The number of fused-ring (bicyclic) bond motifs is 2. The first-order valence-electron chi connectivity index (χ1n) is 7.80. The molecule has 1 aromatic heterocycles. The van der Waals surface area contributed by atoms with Crippen molar-refractivity contribution in [1.82, 2.24) is 9.97 Å². The monoisotopic (exact) mass is 336 g/mol. The molecule has 0 fully saturated rings. The molecule has 1 aliphatic heterocycles. The number of ether oxygens (including phenoxy) is 3. The predicted octanol–water partition coefficient (Wildman–Crippen LogP) is 3.15. The van der Waals surface area contributed by atoms with Gasteiger partial charge in [0.1, 0.15) is 23.1 Å². The number of methoxy groups -OCH3 is 2. The van der Waals surface area contributed by atoms with Crippen LogP contribution in [-0.2, 0) is 6.42 Å². The van der Waals surface area contributed by atoms with Crippen molar-refractivity contribution in [3.05, 3.63) is 63.9 Å². The maximum atomic E-state index is 12.5. The molecule has 0 saturated heterocycles. The molecule has 126 valence electrons. The SMILES string of the molecule is COc1cccc(-c2nc3c(c(=O)[nH]2)Cc2cc(OC)ccc2O3)c1. The topological polar surface area (TPSA) is 73.4 Å². The smallest absolute Gasteiger partial charge is 0.258 e. The van der Waals surface area contributed by atoms with Crippen molar-refractivity contribution >= 4 is 0 Å². The van der Waals surface area contributed by atoms with E-state index in [9.17, 15) is 4.79 Å². The van der Waals surface area contributed by atoms with Crippen LogP contribution in [0.4, 0.5) is 0 Å². The number of H-pyrrole nitrogens is 1. The van der Waals surface area contributed by atoms with Gasteiger partial charge in [0.05, 0.1) is 19.8 Å². The van der Waals surface area contributed by atoms with Crippen molar-refractivity contribution in [2.75, 3.05) is 14.2 Å². The van der Waals surface area contributed by atoms with E-state index in [4.69, 9.17) is 14.2 Å². The number of rotatable bonds is 3. The van der Waals surface area contributed by atoms with Crippen molar-refractivity contribution in [1.29, 1.82) is 0 Å². The summed E-state index contributed by atoms with van der Waals surface area (Å²) in [5.41, 5.74) is 1.94. The van der Waals surface area contributed by atoms with Crippen LogP contribution in [-0.4, -0.2) is 24.2 Å². The first-order chi connectivity index (χ1) is 12.2. The van der Waals surface area contributed by atoms with Crippen molar-refractivity contribution < 1.29 is 14.2 Å². The zero-order valence-corrected chi connectivity index (χ0v) is 13.8. The molecular weight excluding hydrogens is 320 g/mol. The normalized spacial score (nSPS) is 11.9. The largest absolute Gasteiger partial charge is 0.497 e. The summed E-state index contributed by atoms with van der Waals surface area (Å²) in [4.78, 5) is 19.9. The molecule has 0 atom stereocenters. The van der Waals surface area contributed by atoms with E-state index in [1.54, 1.807) is 14.2 Å². The molecule has 0 bridgehead atoms. The van der Waals surface area contributed by atoms with Gasteiger partial charge in [0.25, 0.3) is 5.56 Å². The first-order valence-corrected chi connectivity index (χ1v) is 7.80. The number of hydrogen-bond acceptors (Lipinski definition) is 5. The third-order valence-corrected chi connectivity index (χ3v) is 4.16. The molecule has 0 amide bonds. The van der Waals surface area contributed by atoms with Gasteiger partial charge in [-0.15, -0.1) is 0 Å². The van der Waals surface area contributed by atoms with E-state index in [0.717, 1.165) is 16.9 Å². The van der Waals surface area contributed by atoms with Gasteiger partial charge in [-0.05, 0) is 30.3 Å². The summed E-state index contributed by atoms with van der Waals surface area (Å²) in [5, 5.41) is 0. The zero-order chi connectivity index (χ0) is 17.4. The van der Waals surface area contributed by atoms with Crippen molar-refractivity contribution in [2.45, 2.75) is 6.42 Å². The van der Waals surface area contributed by atoms with Gasteiger partial charge in [-0.3, -0.25) is 4.79 Å². The maximum absolute atomic E-state index is 12.5. The van der Waals surface area contributed by atoms with Gasteiger partial charge in [0.15, 0.2) is 0 Å². The quantitative estimate of drug-likeness (QED) is 0.622.